The van der Waals surface area contributed by atoms with Crippen LogP contribution in [0.2, 0.25) is 0 Å². The van der Waals surface area contributed by atoms with Crippen LogP contribution in [0, 0.1) is 0 Å². The zero-order valence-corrected chi connectivity index (χ0v) is 13.1. The van der Waals surface area contributed by atoms with Gasteiger partial charge >= 0.3 is 12.1 Å². The minimum absolute atomic E-state index is 0.318. The number of methoxy groups -OCH3 is 1. The lowest BCUT2D eigenvalue weighted by molar-refractivity contribution is 0.0525. The summed E-state index contributed by atoms with van der Waals surface area (Å²) in [5.41, 5.74) is 1.07. The molecule has 1 heterocycles. The van der Waals surface area contributed by atoms with E-state index in [9.17, 15) is 9.59 Å². The Kier molecular flexibility index (Phi) is 6.01. The number of ether oxygens (including phenoxy) is 2. The number of carbonyl (C=O) groups is 2. The van der Waals surface area contributed by atoms with Gasteiger partial charge in [-0.25, -0.2) is 9.59 Å². The van der Waals surface area contributed by atoms with Crippen LogP contribution in [0.4, 0.5) is 4.79 Å². The van der Waals surface area contributed by atoms with E-state index >= 15 is 0 Å². The van der Waals surface area contributed by atoms with Gasteiger partial charge in [0.25, 0.3) is 0 Å². The van der Waals surface area contributed by atoms with Crippen LogP contribution in [0.15, 0.2) is 10.8 Å². The van der Waals surface area contributed by atoms with E-state index in [0.717, 1.165) is 12.0 Å². The number of hydrogen-bond donors (Lipinski definition) is 1. The largest absolute Gasteiger partial charge is 0.465 e. The van der Waals surface area contributed by atoms with Crippen LogP contribution in [0.5, 0.6) is 0 Å². The molecule has 1 aromatic rings. The minimum Gasteiger partial charge on any atom is -0.465 e. The van der Waals surface area contributed by atoms with Gasteiger partial charge in [0.2, 0.25) is 0 Å². The molecule has 0 atom stereocenters. The second kappa shape index (κ2) is 7.28. The van der Waals surface area contributed by atoms with E-state index in [1.54, 1.807) is 5.38 Å². The van der Waals surface area contributed by atoms with Crippen LogP contribution in [-0.4, -0.2) is 31.3 Å². The topological polar surface area (TPSA) is 64.6 Å². The Morgan fingerprint density at radius 3 is 2.60 bits per heavy atom. The fourth-order valence-corrected chi connectivity index (χ4v) is 2.45. The molecule has 0 fully saturated rings. The number of amides is 1. The number of aryl methyl sites for hydroxylation is 1. The summed E-state index contributed by atoms with van der Waals surface area (Å²) < 4.78 is 9.84. The summed E-state index contributed by atoms with van der Waals surface area (Å²) in [6.07, 6.45) is 1.03. The predicted octanol–water partition coefficient (Wildman–Crippen LogP) is 2.99. The van der Waals surface area contributed by atoms with Gasteiger partial charge in [-0.3, -0.25) is 0 Å². The monoisotopic (exact) mass is 299 g/mol. The third-order valence-corrected chi connectivity index (χ3v) is 3.23. The number of nitrogens with one attached hydrogen (secondary N) is 1. The molecule has 0 unspecified atom stereocenters. The van der Waals surface area contributed by atoms with Crippen LogP contribution in [-0.2, 0) is 15.9 Å². The second-order valence-corrected chi connectivity index (χ2v) is 6.08. The van der Waals surface area contributed by atoms with Crippen molar-refractivity contribution in [1.29, 1.82) is 0 Å². The molecule has 1 N–H and O–H groups in total. The first-order chi connectivity index (χ1) is 9.33. The summed E-state index contributed by atoms with van der Waals surface area (Å²) in [6, 6.07) is 0. The molecule has 0 aromatic carbocycles. The van der Waals surface area contributed by atoms with Crippen molar-refractivity contribution >= 4 is 23.4 Å². The zero-order valence-electron chi connectivity index (χ0n) is 12.3. The standard InChI is InChI=1S/C14H21NO4S/c1-14(2,3)19-13(17)15-7-5-6-10-8-20-9-11(10)12(16)18-4/h8-9H,5-7H2,1-4H3,(H,15,17). The molecule has 5 nitrogen and oxygen atoms in total. The van der Waals surface area contributed by atoms with Crippen molar-refractivity contribution in [3.05, 3.63) is 21.9 Å². The number of esters is 1. The highest BCUT2D eigenvalue weighted by Crippen LogP contribution is 2.17. The highest BCUT2D eigenvalue weighted by molar-refractivity contribution is 7.08. The Balaban J connectivity index is 2.33. The lowest BCUT2D eigenvalue weighted by Crippen LogP contribution is -2.33. The second-order valence-electron chi connectivity index (χ2n) is 5.33. The van der Waals surface area contributed by atoms with Crippen molar-refractivity contribution in [2.75, 3.05) is 13.7 Å². The van der Waals surface area contributed by atoms with Gasteiger partial charge in [0.1, 0.15) is 5.60 Å². The van der Waals surface area contributed by atoms with Crippen molar-refractivity contribution in [3.63, 3.8) is 0 Å². The normalized spacial score (nSPS) is 11.0. The molecule has 20 heavy (non-hydrogen) atoms. The zero-order chi connectivity index (χ0) is 15.2. The van der Waals surface area contributed by atoms with Crippen LogP contribution in [0.25, 0.3) is 0 Å². The summed E-state index contributed by atoms with van der Waals surface area (Å²) in [6.45, 7) is 5.97. The number of alkyl carbamates (subject to hydrolysis) is 1. The number of rotatable bonds is 5. The Labute approximate surface area is 123 Å². The van der Waals surface area contributed by atoms with E-state index in [-0.39, 0.29) is 5.97 Å². The smallest absolute Gasteiger partial charge is 0.407 e. The number of hydrogen-bond acceptors (Lipinski definition) is 5. The van der Waals surface area contributed by atoms with Gasteiger partial charge in [0, 0.05) is 11.9 Å². The molecule has 0 aliphatic carbocycles. The molecule has 1 amide bonds. The Hall–Kier alpha value is -1.56. The van der Waals surface area contributed by atoms with Gasteiger partial charge < -0.3 is 14.8 Å². The van der Waals surface area contributed by atoms with E-state index in [0.29, 0.717) is 18.5 Å². The third kappa shape index (κ3) is 5.61. The van der Waals surface area contributed by atoms with Crippen LogP contribution in [0.3, 0.4) is 0 Å². The first-order valence-electron chi connectivity index (χ1n) is 6.43. The maximum atomic E-state index is 11.5. The van der Waals surface area contributed by atoms with Gasteiger partial charge in [-0.2, -0.15) is 11.3 Å². The summed E-state index contributed by atoms with van der Waals surface area (Å²) in [7, 11) is 1.37. The molecule has 0 aliphatic rings. The molecule has 0 saturated heterocycles. The molecule has 0 saturated carbocycles. The molecule has 0 spiro atoms. The van der Waals surface area contributed by atoms with Crippen LogP contribution in [0.1, 0.15) is 43.1 Å². The van der Waals surface area contributed by atoms with Crippen molar-refractivity contribution < 1.29 is 19.1 Å². The third-order valence-electron chi connectivity index (χ3n) is 2.44. The molecule has 6 heteroatoms. The SMILES string of the molecule is COC(=O)c1cscc1CCCNC(=O)OC(C)(C)C. The summed E-state index contributed by atoms with van der Waals surface area (Å²) in [5.74, 6) is -0.318. The van der Waals surface area contributed by atoms with Gasteiger partial charge in [-0.1, -0.05) is 0 Å². The highest BCUT2D eigenvalue weighted by Gasteiger charge is 2.16. The first-order valence-corrected chi connectivity index (χ1v) is 7.38. The first kappa shape index (κ1) is 16.5. The summed E-state index contributed by atoms with van der Waals surface area (Å²) >= 11 is 1.47. The lowest BCUT2D eigenvalue weighted by atomic mass is 10.1. The van der Waals surface area contributed by atoms with E-state index in [4.69, 9.17) is 9.47 Å². The predicted molar refractivity (Wildman–Crippen MR) is 78.2 cm³/mol. The molecule has 112 valence electrons. The Morgan fingerprint density at radius 2 is 2.00 bits per heavy atom. The van der Waals surface area contributed by atoms with Crippen LogP contribution < -0.4 is 5.32 Å². The quantitative estimate of drug-likeness (QED) is 0.670. The molecular weight excluding hydrogens is 278 g/mol. The van der Waals surface area contributed by atoms with Crippen molar-refractivity contribution in [3.8, 4) is 0 Å². The van der Waals surface area contributed by atoms with Gasteiger partial charge in [-0.05, 0) is 44.6 Å². The average Bonchev–Trinajstić information content (AvgIpc) is 2.79. The van der Waals surface area contributed by atoms with Gasteiger partial charge in [0.15, 0.2) is 0 Å². The fraction of sp³-hybridized carbons (Fsp3) is 0.571. The molecular formula is C14H21NO4S. The number of carbonyl (C=O) groups excluding carboxylic acids is 2. The van der Waals surface area contributed by atoms with Crippen molar-refractivity contribution in [2.45, 2.75) is 39.2 Å². The highest BCUT2D eigenvalue weighted by atomic mass is 32.1. The summed E-state index contributed by atoms with van der Waals surface area (Å²) in [4.78, 5) is 22.9. The molecule has 0 aliphatic heterocycles. The number of thiophene rings is 1. The average molecular weight is 299 g/mol. The minimum atomic E-state index is -0.491. The van der Waals surface area contributed by atoms with E-state index < -0.39 is 11.7 Å². The lowest BCUT2D eigenvalue weighted by Gasteiger charge is -2.19. The molecule has 1 rings (SSSR count). The Morgan fingerprint density at radius 1 is 1.30 bits per heavy atom. The van der Waals surface area contributed by atoms with Crippen LogP contribution >= 0.6 is 11.3 Å². The van der Waals surface area contributed by atoms with Gasteiger partial charge in [-0.15, -0.1) is 0 Å². The van der Waals surface area contributed by atoms with E-state index in [2.05, 4.69) is 5.32 Å². The van der Waals surface area contributed by atoms with E-state index in [1.807, 2.05) is 26.2 Å². The maximum absolute atomic E-state index is 11.5. The summed E-state index contributed by atoms with van der Waals surface area (Å²) in [5, 5.41) is 6.40. The molecule has 1 aromatic heterocycles. The van der Waals surface area contributed by atoms with Gasteiger partial charge in [0.05, 0.1) is 12.7 Å². The fourth-order valence-electron chi connectivity index (χ4n) is 1.59. The maximum Gasteiger partial charge on any atom is 0.407 e. The Bertz CT molecular complexity index is 462. The van der Waals surface area contributed by atoms with Crippen molar-refractivity contribution in [1.82, 2.24) is 5.32 Å². The van der Waals surface area contributed by atoms with E-state index in [1.165, 1.54) is 18.4 Å². The van der Waals surface area contributed by atoms with Crippen molar-refractivity contribution in [2.24, 2.45) is 0 Å². The molecule has 0 bridgehead atoms. The molecule has 0 radical (unpaired) electrons.